The van der Waals surface area contributed by atoms with Crippen LogP contribution >= 0.6 is 0 Å². The maximum absolute atomic E-state index is 5.51. The van der Waals surface area contributed by atoms with Gasteiger partial charge < -0.3 is 14.8 Å². The average Bonchev–Trinajstić information content (AvgIpc) is 2.71. The van der Waals surface area contributed by atoms with E-state index >= 15 is 0 Å². The molecule has 20 heavy (non-hydrogen) atoms. The molecule has 1 atom stereocenters. The van der Waals surface area contributed by atoms with Gasteiger partial charge in [-0.25, -0.2) is 0 Å². The lowest BCUT2D eigenvalue weighted by Gasteiger charge is -2.16. The van der Waals surface area contributed by atoms with Crippen molar-refractivity contribution in [2.24, 2.45) is 0 Å². The number of nitrogens with one attached hydrogen (secondary N) is 1. The summed E-state index contributed by atoms with van der Waals surface area (Å²) >= 11 is 0. The third-order valence-electron chi connectivity index (χ3n) is 3.52. The number of aromatic nitrogens is 2. The molecule has 0 radical (unpaired) electrons. The van der Waals surface area contributed by atoms with Crippen LogP contribution in [0.1, 0.15) is 43.3 Å². The zero-order valence-electron chi connectivity index (χ0n) is 13.5. The Morgan fingerprint density at radius 3 is 2.55 bits per heavy atom. The standard InChI is InChI=1S/C15H29N3O2/c1-6-14(16-7-2)15-12(3)17-18(13(15)4)8-9-20-11-10-19-5/h14,16H,6-11H2,1-5H3. The van der Waals surface area contributed by atoms with Gasteiger partial charge in [0.1, 0.15) is 0 Å². The summed E-state index contributed by atoms with van der Waals surface area (Å²) in [4.78, 5) is 0. The van der Waals surface area contributed by atoms with Crippen LogP contribution in [0.3, 0.4) is 0 Å². The van der Waals surface area contributed by atoms with E-state index in [4.69, 9.17) is 9.47 Å². The second kappa shape index (κ2) is 9.10. The van der Waals surface area contributed by atoms with Crippen LogP contribution in [0.5, 0.6) is 0 Å². The van der Waals surface area contributed by atoms with E-state index in [0.29, 0.717) is 25.9 Å². The lowest BCUT2D eigenvalue weighted by molar-refractivity contribution is 0.0651. The molecule has 1 N–H and O–H groups in total. The lowest BCUT2D eigenvalue weighted by atomic mass is 10.0. The molecule has 5 heteroatoms. The quantitative estimate of drug-likeness (QED) is 0.669. The van der Waals surface area contributed by atoms with Crippen molar-refractivity contribution in [1.29, 1.82) is 0 Å². The Morgan fingerprint density at radius 1 is 1.20 bits per heavy atom. The van der Waals surface area contributed by atoms with E-state index in [9.17, 15) is 0 Å². The van der Waals surface area contributed by atoms with Crippen LogP contribution in [-0.2, 0) is 16.0 Å². The number of nitrogens with zero attached hydrogens (tertiary/aromatic N) is 2. The SMILES string of the molecule is CCNC(CC)c1c(C)nn(CCOCCOC)c1C. The minimum atomic E-state index is 0.392. The normalized spacial score (nSPS) is 12.8. The zero-order chi connectivity index (χ0) is 15.0. The topological polar surface area (TPSA) is 48.3 Å². The van der Waals surface area contributed by atoms with Crippen LogP contribution in [0.15, 0.2) is 0 Å². The van der Waals surface area contributed by atoms with E-state index in [1.807, 2.05) is 0 Å². The first-order chi connectivity index (χ1) is 9.65. The Balaban J connectivity index is 2.65. The molecule has 0 aliphatic carbocycles. The first-order valence-electron chi connectivity index (χ1n) is 7.49. The van der Waals surface area contributed by atoms with Gasteiger partial charge in [0.25, 0.3) is 0 Å². The Labute approximate surface area is 122 Å². The molecule has 0 saturated heterocycles. The minimum absolute atomic E-state index is 0.392. The monoisotopic (exact) mass is 283 g/mol. The minimum Gasteiger partial charge on any atom is -0.382 e. The predicted octanol–water partition coefficient (Wildman–Crippen LogP) is 2.22. The van der Waals surface area contributed by atoms with Crippen molar-refractivity contribution in [3.63, 3.8) is 0 Å². The van der Waals surface area contributed by atoms with Gasteiger partial charge in [-0.05, 0) is 26.8 Å². The summed E-state index contributed by atoms with van der Waals surface area (Å²) in [6.45, 7) is 12.3. The van der Waals surface area contributed by atoms with Crippen molar-refractivity contribution in [3.05, 3.63) is 17.0 Å². The van der Waals surface area contributed by atoms with E-state index in [0.717, 1.165) is 25.2 Å². The van der Waals surface area contributed by atoms with E-state index < -0.39 is 0 Å². The molecular formula is C15H29N3O2. The van der Waals surface area contributed by atoms with Crippen LogP contribution in [0.4, 0.5) is 0 Å². The van der Waals surface area contributed by atoms with Gasteiger partial charge in [-0.1, -0.05) is 13.8 Å². The molecule has 5 nitrogen and oxygen atoms in total. The van der Waals surface area contributed by atoms with Crippen molar-refractivity contribution in [3.8, 4) is 0 Å². The molecule has 1 unspecified atom stereocenters. The van der Waals surface area contributed by atoms with Gasteiger partial charge in [-0.2, -0.15) is 5.10 Å². The maximum atomic E-state index is 5.51. The first kappa shape index (κ1) is 17.1. The van der Waals surface area contributed by atoms with E-state index in [-0.39, 0.29) is 0 Å². The highest BCUT2D eigenvalue weighted by atomic mass is 16.5. The average molecular weight is 283 g/mol. The summed E-state index contributed by atoms with van der Waals surface area (Å²) in [7, 11) is 1.68. The van der Waals surface area contributed by atoms with Crippen molar-refractivity contribution in [1.82, 2.24) is 15.1 Å². The highest BCUT2D eigenvalue weighted by Gasteiger charge is 2.18. The number of aryl methyl sites for hydroxylation is 1. The van der Waals surface area contributed by atoms with Gasteiger partial charge in [-0.15, -0.1) is 0 Å². The van der Waals surface area contributed by atoms with Crippen LogP contribution in [0, 0.1) is 13.8 Å². The molecule has 0 aliphatic heterocycles. The zero-order valence-corrected chi connectivity index (χ0v) is 13.5. The molecule has 116 valence electrons. The fraction of sp³-hybridized carbons (Fsp3) is 0.800. The molecule has 0 aromatic carbocycles. The van der Waals surface area contributed by atoms with Crippen molar-refractivity contribution >= 4 is 0 Å². The molecule has 0 bridgehead atoms. The molecule has 1 aromatic heterocycles. The van der Waals surface area contributed by atoms with Crippen LogP contribution in [0.25, 0.3) is 0 Å². The van der Waals surface area contributed by atoms with Crippen molar-refractivity contribution in [2.75, 3.05) is 33.5 Å². The van der Waals surface area contributed by atoms with E-state index in [2.05, 4.69) is 42.8 Å². The summed E-state index contributed by atoms with van der Waals surface area (Å²) in [5, 5.41) is 8.17. The largest absolute Gasteiger partial charge is 0.382 e. The smallest absolute Gasteiger partial charge is 0.0701 e. The Morgan fingerprint density at radius 2 is 1.95 bits per heavy atom. The van der Waals surface area contributed by atoms with Gasteiger partial charge >= 0.3 is 0 Å². The van der Waals surface area contributed by atoms with Gasteiger partial charge in [-0.3, -0.25) is 4.68 Å². The Kier molecular flexibility index (Phi) is 7.80. The summed E-state index contributed by atoms with van der Waals surface area (Å²) in [5.41, 5.74) is 3.70. The Hall–Kier alpha value is -0.910. The van der Waals surface area contributed by atoms with Crippen molar-refractivity contribution < 1.29 is 9.47 Å². The van der Waals surface area contributed by atoms with Crippen LogP contribution in [-0.4, -0.2) is 43.3 Å². The number of ether oxygens (including phenoxy) is 2. The fourth-order valence-electron chi connectivity index (χ4n) is 2.53. The van der Waals surface area contributed by atoms with Gasteiger partial charge in [0.2, 0.25) is 0 Å². The molecule has 1 aromatic rings. The van der Waals surface area contributed by atoms with E-state index in [1.165, 1.54) is 11.3 Å². The summed E-state index contributed by atoms with van der Waals surface area (Å²) in [6, 6.07) is 0.392. The molecule has 0 spiro atoms. The molecule has 0 amide bonds. The number of rotatable bonds is 10. The highest BCUT2D eigenvalue weighted by molar-refractivity contribution is 5.28. The van der Waals surface area contributed by atoms with Gasteiger partial charge in [0.15, 0.2) is 0 Å². The first-order valence-corrected chi connectivity index (χ1v) is 7.49. The molecule has 1 heterocycles. The van der Waals surface area contributed by atoms with Gasteiger partial charge in [0, 0.05) is 24.4 Å². The van der Waals surface area contributed by atoms with Crippen molar-refractivity contribution in [2.45, 2.75) is 46.7 Å². The van der Waals surface area contributed by atoms with Gasteiger partial charge in [0.05, 0.1) is 32.1 Å². The van der Waals surface area contributed by atoms with Crippen LogP contribution < -0.4 is 5.32 Å². The maximum Gasteiger partial charge on any atom is 0.0701 e. The third-order valence-corrected chi connectivity index (χ3v) is 3.52. The molecule has 1 rings (SSSR count). The summed E-state index contributed by atoms with van der Waals surface area (Å²) < 4.78 is 12.5. The number of hydrogen-bond acceptors (Lipinski definition) is 4. The summed E-state index contributed by atoms with van der Waals surface area (Å²) in [6.07, 6.45) is 1.07. The summed E-state index contributed by atoms with van der Waals surface area (Å²) in [5.74, 6) is 0. The molecule has 0 saturated carbocycles. The number of hydrogen-bond donors (Lipinski definition) is 1. The van der Waals surface area contributed by atoms with E-state index in [1.54, 1.807) is 7.11 Å². The third kappa shape index (κ3) is 4.58. The highest BCUT2D eigenvalue weighted by Crippen LogP contribution is 2.23. The molecular weight excluding hydrogens is 254 g/mol. The predicted molar refractivity (Wildman–Crippen MR) is 81.1 cm³/mol. The second-order valence-electron chi connectivity index (χ2n) is 4.93. The molecule has 0 fully saturated rings. The number of methoxy groups -OCH3 is 1. The second-order valence-corrected chi connectivity index (χ2v) is 4.93. The Bertz CT molecular complexity index is 391. The van der Waals surface area contributed by atoms with Crippen LogP contribution in [0.2, 0.25) is 0 Å². The molecule has 0 aliphatic rings. The fourth-order valence-corrected chi connectivity index (χ4v) is 2.53. The lowest BCUT2D eigenvalue weighted by Crippen LogP contribution is -2.21.